The standard InChI is InChI=1S/C23H25ClN2O4S2/c1-23(2,17-6-8-18(24)9-7-17)16-25-21(27)15-30-20-12-10-19(11-13-20)26(3)32(28,29)22-5-4-14-31-22/h4-14H,15-16H2,1-3H3,(H,25,27). The Morgan fingerprint density at radius 2 is 1.75 bits per heavy atom. The summed E-state index contributed by atoms with van der Waals surface area (Å²) < 4.78 is 32.3. The minimum absolute atomic E-state index is 0.140. The maximum absolute atomic E-state index is 12.6. The van der Waals surface area contributed by atoms with E-state index < -0.39 is 10.0 Å². The summed E-state index contributed by atoms with van der Waals surface area (Å²) in [5.74, 6) is 0.233. The minimum atomic E-state index is -3.59. The van der Waals surface area contributed by atoms with Gasteiger partial charge in [-0.25, -0.2) is 8.42 Å². The number of halogens is 1. The van der Waals surface area contributed by atoms with Gasteiger partial charge in [-0.15, -0.1) is 11.3 Å². The lowest BCUT2D eigenvalue weighted by Crippen LogP contribution is -2.38. The van der Waals surface area contributed by atoms with Crippen molar-refractivity contribution in [3.05, 3.63) is 76.6 Å². The van der Waals surface area contributed by atoms with E-state index in [1.54, 1.807) is 41.8 Å². The Labute approximate surface area is 197 Å². The van der Waals surface area contributed by atoms with Crippen LogP contribution >= 0.6 is 22.9 Å². The van der Waals surface area contributed by atoms with E-state index in [-0.39, 0.29) is 22.1 Å². The van der Waals surface area contributed by atoms with Crippen molar-refractivity contribution in [3.8, 4) is 5.75 Å². The van der Waals surface area contributed by atoms with Crippen LogP contribution in [0.3, 0.4) is 0 Å². The van der Waals surface area contributed by atoms with Crippen LogP contribution < -0.4 is 14.4 Å². The largest absolute Gasteiger partial charge is 0.484 e. The van der Waals surface area contributed by atoms with Crippen LogP contribution in [0.15, 0.2) is 70.3 Å². The summed E-state index contributed by atoms with van der Waals surface area (Å²) in [5, 5.41) is 5.28. The van der Waals surface area contributed by atoms with Crippen LogP contribution in [0.4, 0.5) is 5.69 Å². The maximum Gasteiger partial charge on any atom is 0.273 e. The summed E-state index contributed by atoms with van der Waals surface area (Å²) in [5.41, 5.74) is 1.31. The van der Waals surface area contributed by atoms with Crippen molar-refractivity contribution in [3.63, 3.8) is 0 Å². The molecule has 0 saturated carbocycles. The Balaban J connectivity index is 1.52. The predicted molar refractivity (Wildman–Crippen MR) is 129 cm³/mol. The van der Waals surface area contributed by atoms with Gasteiger partial charge < -0.3 is 10.1 Å². The topological polar surface area (TPSA) is 75.7 Å². The molecule has 1 N–H and O–H groups in total. The SMILES string of the molecule is CN(c1ccc(OCC(=O)NCC(C)(C)c2ccc(Cl)cc2)cc1)S(=O)(=O)c1cccs1. The minimum Gasteiger partial charge on any atom is -0.484 e. The fraction of sp³-hybridized carbons (Fsp3) is 0.261. The number of benzene rings is 2. The number of hydrogen-bond acceptors (Lipinski definition) is 5. The van der Waals surface area contributed by atoms with Crippen molar-refractivity contribution in [2.24, 2.45) is 0 Å². The third-order valence-electron chi connectivity index (χ3n) is 5.03. The lowest BCUT2D eigenvalue weighted by molar-refractivity contribution is -0.123. The van der Waals surface area contributed by atoms with E-state index in [1.807, 2.05) is 38.1 Å². The van der Waals surface area contributed by atoms with E-state index in [4.69, 9.17) is 16.3 Å². The molecule has 9 heteroatoms. The molecule has 6 nitrogen and oxygen atoms in total. The molecule has 2 aromatic carbocycles. The molecule has 0 radical (unpaired) electrons. The second kappa shape index (κ2) is 9.94. The molecule has 170 valence electrons. The van der Waals surface area contributed by atoms with Gasteiger partial charge in [0.15, 0.2) is 6.61 Å². The number of anilines is 1. The van der Waals surface area contributed by atoms with E-state index in [9.17, 15) is 13.2 Å². The summed E-state index contributed by atoms with van der Waals surface area (Å²) in [6.07, 6.45) is 0. The summed E-state index contributed by atoms with van der Waals surface area (Å²) in [7, 11) is -2.09. The molecule has 0 aliphatic rings. The highest BCUT2D eigenvalue weighted by Gasteiger charge is 2.23. The summed E-state index contributed by atoms with van der Waals surface area (Å²) >= 11 is 7.11. The molecule has 3 aromatic rings. The molecule has 0 aliphatic carbocycles. The number of rotatable bonds is 9. The molecule has 0 saturated heterocycles. The highest BCUT2D eigenvalue weighted by Crippen LogP contribution is 2.27. The highest BCUT2D eigenvalue weighted by atomic mass is 35.5. The van der Waals surface area contributed by atoms with Crippen molar-refractivity contribution in [1.29, 1.82) is 0 Å². The Morgan fingerprint density at radius 3 is 2.34 bits per heavy atom. The zero-order chi connectivity index (χ0) is 23.4. The molecule has 3 rings (SSSR count). The number of hydrogen-bond donors (Lipinski definition) is 1. The molecule has 0 bridgehead atoms. The highest BCUT2D eigenvalue weighted by molar-refractivity contribution is 7.94. The van der Waals surface area contributed by atoms with Gasteiger partial charge in [0.05, 0.1) is 5.69 Å². The van der Waals surface area contributed by atoms with E-state index in [2.05, 4.69) is 5.32 Å². The van der Waals surface area contributed by atoms with Crippen LogP contribution in [0.5, 0.6) is 5.75 Å². The fourth-order valence-electron chi connectivity index (χ4n) is 2.96. The van der Waals surface area contributed by atoms with Gasteiger partial charge in [0.25, 0.3) is 15.9 Å². The van der Waals surface area contributed by atoms with Crippen LogP contribution in [-0.2, 0) is 20.2 Å². The van der Waals surface area contributed by atoms with Crippen molar-refractivity contribution in [2.45, 2.75) is 23.5 Å². The number of carbonyl (C=O) groups excluding carboxylic acids is 1. The fourth-order valence-corrected chi connectivity index (χ4v) is 5.44. The molecule has 0 aliphatic heterocycles. The van der Waals surface area contributed by atoms with Gasteiger partial charge in [0, 0.05) is 24.0 Å². The first-order valence-electron chi connectivity index (χ1n) is 9.88. The number of sulfonamides is 1. The van der Waals surface area contributed by atoms with Crippen molar-refractivity contribution < 1.29 is 17.9 Å². The smallest absolute Gasteiger partial charge is 0.273 e. The number of amides is 1. The van der Waals surface area contributed by atoms with Crippen LogP contribution in [0.2, 0.25) is 5.02 Å². The average Bonchev–Trinajstić information content (AvgIpc) is 3.32. The van der Waals surface area contributed by atoms with Gasteiger partial charge in [-0.1, -0.05) is 43.6 Å². The van der Waals surface area contributed by atoms with Gasteiger partial charge in [-0.3, -0.25) is 9.10 Å². The average molecular weight is 493 g/mol. The van der Waals surface area contributed by atoms with Gasteiger partial charge in [-0.05, 0) is 53.4 Å². The molecule has 1 aromatic heterocycles. The second-order valence-corrected chi connectivity index (χ2v) is 11.4. The van der Waals surface area contributed by atoms with Crippen LogP contribution in [0, 0.1) is 0 Å². The van der Waals surface area contributed by atoms with Crippen molar-refractivity contribution in [1.82, 2.24) is 5.32 Å². The van der Waals surface area contributed by atoms with E-state index in [0.29, 0.717) is 23.0 Å². The molecule has 32 heavy (non-hydrogen) atoms. The molecular weight excluding hydrogens is 468 g/mol. The van der Waals surface area contributed by atoms with Crippen LogP contribution in [-0.4, -0.2) is 34.5 Å². The van der Waals surface area contributed by atoms with Gasteiger partial charge in [0.2, 0.25) is 0 Å². The normalized spacial score (nSPS) is 11.8. The quantitative estimate of drug-likeness (QED) is 0.469. The maximum atomic E-state index is 12.6. The first-order valence-corrected chi connectivity index (χ1v) is 12.6. The number of carbonyl (C=O) groups is 1. The lowest BCUT2D eigenvalue weighted by Gasteiger charge is -2.25. The molecule has 0 spiro atoms. The van der Waals surface area contributed by atoms with Crippen LogP contribution in [0.25, 0.3) is 0 Å². The molecule has 1 heterocycles. The first-order chi connectivity index (χ1) is 15.1. The lowest BCUT2D eigenvalue weighted by atomic mass is 9.84. The summed E-state index contributed by atoms with van der Waals surface area (Å²) in [4.78, 5) is 12.2. The summed E-state index contributed by atoms with van der Waals surface area (Å²) in [6, 6.07) is 17.4. The molecule has 0 fully saturated rings. The first kappa shape index (κ1) is 24.1. The van der Waals surface area contributed by atoms with Crippen molar-refractivity contribution >= 4 is 44.6 Å². The molecular formula is C23H25ClN2O4S2. The van der Waals surface area contributed by atoms with E-state index >= 15 is 0 Å². The Kier molecular flexibility index (Phi) is 7.48. The third kappa shape index (κ3) is 5.82. The van der Waals surface area contributed by atoms with E-state index in [0.717, 1.165) is 5.56 Å². The second-order valence-electron chi connectivity index (χ2n) is 7.85. The van der Waals surface area contributed by atoms with Crippen LogP contribution in [0.1, 0.15) is 19.4 Å². The zero-order valence-electron chi connectivity index (χ0n) is 18.0. The Morgan fingerprint density at radius 1 is 1.09 bits per heavy atom. The molecule has 0 unspecified atom stereocenters. The number of nitrogens with one attached hydrogen (secondary N) is 1. The molecule has 0 atom stereocenters. The van der Waals surface area contributed by atoms with Gasteiger partial charge in [-0.2, -0.15) is 0 Å². The number of ether oxygens (including phenoxy) is 1. The van der Waals surface area contributed by atoms with Crippen molar-refractivity contribution in [2.75, 3.05) is 24.5 Å². The zero-order valence-corrected chi connectivity index (χ0v) is 20.4. The van der Waals surface area contributed by atoms with Gasteiger partial charge in [0.1, 0.15) is 9.96 Å². The van der Waals surface area contributed by atoms with Gasteiger partial charge >= 0.3 is 0 Å². The predicted octanol–water partition coefficient (Wildman–Crippen LogP) is 4.70. The number of thiophene rings is 1. The Bertz CT molecular complexity index is 1140. The Hall–Kier alpha value is -2.55. The monoisotopic (exact) mass is 492 g/mol. The summed E-state index contributed by atoms with van der Waals surface area (Å²) in [6.45, 7) is 4.38. The third-order valence-corrected chi connectivity index (χ3v) is 8.44. The van der Waals surface area contributed by atoms with E-state index in [1.165, 1.54) is 22.7 Å². The molecule has 1 amide bonds. The number of nitrogens with zero attached hydrogens (tertiary/aromatic N) is 1.